The summed E-state index contributed by atoms with van der Waals surface area (Å²) in [5.41, 5.74) is 2.00. The van der Waals surface area contributed by atoms with Crippen molar-refractivity contribution in [3.63, 3.8) is 0 Å². The number of ether oxygens (including phenoxy) is 1. The molecule has 4 nitrogen and oxygen atoms in total. The van der Waals surface area contributed by atoms with Gasteiger partial charge in [-0.1, -0.05) is 17.7 Å². The van der Waals surface area contributed by atoms with E-state index >= 15 is 0 Å². The molecule has 0 fully saturated rings. The molecule has 0 saturated carbocycles. The van der Waals surface area contributed by atoms with Crippen molar-refractivity contribution < 1.29 is 9.53 Å². The van der Waals surface area contributed by atoms with Crippen LogP contribution in [-0.2, 0) is 9.53 Å². The number of hydrogen-bond acceptors (Lipinski definition) is 3. The van der Waals surface area contributed by atoms with Gasteiger partial charge in [-0.05, 0) is 19.1 Å². The number of methoxy groups -OCH3 is 1. The number of hydrogen-bond donors (Lipinski definition) is 2. The van der Waals surface area contributed by atoms with E-state index in [1.807, 2.05) is 31.2 Å². The van der Waals surface area contributed by atoms with E-state index in [4.69, 9.17) is 4.74 Å². The van der Waals surface area contributed by atoms with Gasteiger partial charge in [0.15, 0.2) is 0 Å². The number of carbonyl (C=O) groups is 1. The molecule has 4 heteroatoms. The van der Waals surface area contributed by atoms with E-state index < -0.39 is 0 Å². The number of rotatable bonds is 6. The van der Waals surface area contributed by atoms with E-state index in [-0.39, 0.29) is 5.91 Å². The summed E-state index contributed by atoms with van der Waals surface area (Å²) in [6.07, 6.45) is 0. The van der Waals surface area contributed by atoms with Gasteiger partial charge in [0.25, 0.3) is 0 Å². The number of nitrogens with one attached hydrogen (secondary N) is 2. The van der Waals surface area contributed by atoms with Crippen LogP contribution in [0, 0.1) is 6.92 Å². The molecule has 1 amide bonds. The third kappa shape index (κ3) is 4.91. The Labute approximate surface area is 96.0 Å². The average Bonchev–Trinajstić information content (AvgIpc) is 2.28. The summed E-state index contributed by atoms with van der Waals surface area (Å²) in [5.74, 6) is -0.0417. The smallest absolute Gasteiger partial charge is 0.238 e. The highest BCUT2D eigenvalue weighted by Crippen LogP contribution is 2.07. The summed E-state index contributed by atoms with van der Waals surface area (Å²) >= 11 is 0. The van der Waals surface area contributed by atoms with Crippen molar-refractivity contribution in [2.75, 3.05) is 32.1 Å². The highest BCUT2D eigenvalue weighted by atomic mass is 16.5. The van der Waals surface area contributed by atoms with E-state index in [1.165, 1.54) is 5.56 Å². The SMILES string of the molecule is COCCNCC(=O)Nc1ccc(C)cc1. The highest BCUT2D eigenvalue weighted by Gasteiger charge is 2.00. The maximum Gasteiger partial charge on any atom is 0.238 e. The Morgan fingerprint density at radius 1 is 1.31 bits per heavy atom. The molecule has 0 bridgehead atoms. The molecule has 16 heavy (non-hydrogen) atoms. The minimum atomic E-state index is -0.0417. The Morgan fingerprint density at radius 3 is 2.62 bits per heavy atom. The molecule has 0 aliphatic carbocycles. The number of carbonyl (C=O) groups excluding carboxylic acids is 1. The monoisotopic (exact) mass is 222 g/mol. The lowest BCUT2D eigenvalue weighted by atomic mass is 10.2. The molecule has 1 rings (SSSR count). The van der Waals surface area contributed by atoms with Crippen LogP contribution in [0.5, 0.6) is 0 Å². The van der Waals surface area contributed by atoms with Crippen molar-refractivity contribution in [3.8, 4) is 0 Å². The largest absolute Gasteiger partial charge is 0.383 e. The summed E-state index contributed by atoms with van der Waals surface area (Å²) < 4.78 is 4.86. The maximum absolute atomic E-state index is 11.4. The second kappa shape index (κ2) is 6.98. The van der Waals surface area contributed by atoms with E-state index in [9.17, 15) is 4.79 Å². The Balaban J connectivity index is 2.26. The van der Waals surface area contributed by atoms with Gasteiger partial charge in [-0.15, -0.1) is 0 Å². The first kappa shape index (κ1) is 12.7. The van der Waals surface area contributed by atoms with Crippen LogP contribution in [0.25, 0.3) is 0 Å². The van der Waals surface area contributed by atoms with Crippen molar-refractivity contribution in [2.24, 2.45) is 0 Å². The second-order valence-corrected chi connectivity index (χ2v) is 3.58. The first-order chi connectivity index (χ1) is 7.72. The van der Waals surface area contributed by atoms with Gasteiger partial charge < -0.3 is 15.4 Å². The zero-order chi connectivity index (χ0) is 11.8. The van der Waals surface area contributed by atoms with E-state index in [1.54, 1.807) is 7.11 Å². The van der Waals surface area contributed by atoms with E-state index in [0.717, 1.165) is 5.69 Å². The van der Waals surface area contributed by atoms with Crippen LogP contribution in [0.4, 0.5) is 5.69 Å². The van der Waals surface area contributed by atoms with Gasteiger partial charge in [-0.25, -0.2) is 0 Å². The minimum absolute atomic E-state index is 0.0417. The zero-order valence-electron chi connectivity index (χ0n) is 9.75. The zero-order valence-corrected chi connectivity index (χ0v) is 9.75. The third-order valence-electron chi connectivity index (χ3n) is 2.10. The molecule has 0 unspecified atom stereocenters. The van der Waals surface area contributed by atoms with Crippen LogP contribution >= 0.6 is 0 Å². The Kier molecular flexibility index (Phi) is 5.53. The Morgan fingerprint density at radius 2 is 2.00 bits per heavy atom. The van der Waals surface area contributed by atoms with Gasteiger partial charge in [-0.2, -0.15) is 0 Å². The summed E-state index contributed by atoms with van der Waals surface area (Å²) in [7, 11) is 1.63. The molecule has 0 heterocycles. The summed E-state index contributed by atoms with van der Waals surface area (Å²) in [6.45, 7) is 3.60. The molecule has 0 spiro atoms. The van der Waals surface area contributed by atoms with Gasteiger partial charge in [0.1, 0.15) is 0 Å². The Bertz CT molecular complexity index is 322. The van der Waals surface area contributed by atoms with Crippen LogP contribution in [0.2, 0.25) is 0 Å². The highest BCUT2D eigenvalue weighted by molar-refractivity contribution is 5.92. The molecule has 0 atom stereocenters. The van der Waals surface area contributed by atoms with E-state index in [0.29, 0.717) is 19.7 Å². The van der Waals surface area contributed by atoms with Gasteiger partial charge in [0.2, 0.25) is 5.91 Å². The van der Waals surface area contributed by atoms with Crippen LogP contribution in [0.15, 0.2) is 24.3 Å². The predicted molar refractivity (Wildman–Crippen MR) is 64.6 cm³/mol. The molecule has 0 aromatic heterocycles. The lowest BCUT2D eigenvalue weighted by molar-refractivity contribution is -0.115. The first-order valence-electron chi connectivity index (χ1n) is 5.28. The normalized spacial score (nSPS) is 10.1. The fourth-order valence-corrected chi connectivity index (χ4v) is 1.22. The fourth-order valence-electron chi connectivity index (χ4n) is 1.22. The van der Waals surface area contributed by atoms with Crippen molar-refractivity contribution in [1.82, 2.24) is 5.32 Å². The molecule has 0 aliphatic rings. The summed E-state index contributed by atoms with van der Waals surface area (Å²) in [4.78, 5) is 11.4. The molecule has 2 N–H and O–H groups in total. The van der Waals surface area contributed by atoms with Crippen molar-refractivity contribution >= 4 is 11.6 Å². The lowest BCUT2D eigenvalue weighted by Crippen LogP contribution is -2.30. The van der Waals surface area contributed by atoms with Gasteiger partial charge >= 0.3 is 0 Å². The molecule has 1 aromatic carbocycles. The van der Waals surface area contributed by atoms with Crippen LogP contribution in [0.3, 0.4) is 0 Å². The summed E-state index contributed by atoms with van der Waals surface area (Å²) in [6, 6.07) is 7.71. The first-order valence-corrected chi connectivity index (χ1v) is 5.28. The van der Waals surface area contributed by atoms with Crippen molar-refractivity contribution in [1.29, 1.82) is 0 Å². The number of amides is 1. The van der Waals surface area contributed by atoms with Crippen LogP contribution in [-0.4, -0.2) is 32.7 Å². The number of benzene rings is 1. The summed E-state index contributed by atoms with van der Waals surface area (Å²) in [5, 5.41) is 5.78. The molecule has 0 saturated heterocycles. The fraction of sp³-hybridized carbons (Fsp3) is 0.417. The van der Waals surface area contributed by atoms with Crippen LogP contribution < -0.4 is 10.6 Å². The van der Waals surface area contributed by atoms with Crippen molar-refractivity contribution in [3.05, 3.63) is 29.8 Å². The van der Waals surface area contributed by atoms with Gasteiger partial charge in [0.05, 0.1) is 13.2 Å². The minimum Gasteiger partial charge on any atom is -0.383 e. The number of anilines is 1. The van der Waals surface area contributed by atoms with Crippen molar-refractivity contribution in [2.45, 2.75) is 6.92 Å². The number of aryl methyl sites for hydroxylation is 1. The molecule has 0 radical (unpaired) electrons. The van der Waals surface area contributed by atoms with Gasteiger partial charge in [0, 0.05) is 19.3 Å². The molecule has 1 aromatic rings. The van der Waals surface area contributed by atoms with E-state index in [2.05, 4.69) is 10.6 Å². The molecule has 88 valence electrons. The third-order valence-corrected chi connectivity index (χ3v) is 2.10. The quantitative estimate of drug-likeness (QED) is 0.710. The standard InChI is InChI=1S/C12H18N2O2/c1-10-3-5-11(6-4-10)14-12(15)9-13-7-8-16-2/h3-6,13H,7-9H2,1-2H3,(H,14,15). The molecular weight excluding hydrogens is 204 g/mol. The van der Waals surface area contributed by atoms with Crippen LogP contribution in [0.1, 0.15) is 5.56 Å². The predicted octanol–water partition coefficient (Wildman–Crippen LogP) is 1.17. The van der Waals surface area contributed by atoms with Gasteiger partial charge in [-0.3, -0.25) is 4.79 Å². The molecular formula is C12H18N2O2. The second-order valence-electron chi connectivity index (χ2n) is 3.58. The maximum atomic E-state index is 11.4. The lowest BCUT2D eigenvalue weighted by Gasteiger charge is -2.06. The molecule has 0 aliphatic heterocycles. The topological polar surface area (TPSA) is 50.4 Å². The Hall–Kier alpha value is -1.39. The average molecular weight is 222 g/mol.